The van der Waals surface area contributed by atoms with Crippen LogP contribution in [0.1, 0.15) is 32.6 Å². The summed E-state index contributed by atoms with van der Waals surface area (Å²) in [5.74, 6) is -0.0933. The van der Waals surface area contributed by atoms with Gasteiger partial charge in [-0.25, -0.2) is 4.98 Å². The van der Waals surface area contributed by atoms with Crippen molar-refractivity contribution >= 4 is 28.2 Å². The molecule has 7 heteroatoms. The van der Waals surface area contributed by atoms with Crippen LogP contribution in [0.4, 0.5) is 0 Å². The Morgan fingerprint density at radius 3 is 2.79 bits per heavy atom. The molecule has 2 aromatic heterocycles. The first-order chi connectivity index (χ1) is 13.7. The number of carbonyl (C=O) groups is 1. The predicted octanol–water partition coefficient (Wildman–Crippen LogP) is 2.70. The van der Waals surface area contributed by atoms with Crippen LogP contribution in [0.2, 0.25) is 0 Å². The van der Waals surface area contributed by atoms with Gasteiger partial charge < -0.3 is 9.32 Å². The van der Waals surface area contributed by atoms with Crippen LogP contribution >= 0.6 is 11.3 Å². The molecule has 1 aliphatic heterocycles. The maximum atomic E-state index is 12.8. The molecule has 28 heavy (non-hydrogen) atoms. The lowest BCUT2D eigenvalue weighted by Crippen LogP contribution is -2.48. The van der Waals surface area contributed by atoms with Gasteiger partial charge in [0, 0.05) is 37.1 Å². The van der Waals surface area contributed by atoms with Gasteiger partial charge in [0.15, 0.2) is 11.2 Å². The number of piperazine rings is 1. The number of thiazole rings is 1. The van der Waals surface area contributed by atoms with Crippen LogP contribution in [-0.4, -0.2) is 46.9 Å². The summed E-state index contributed by atoms with van der Waals surface area (Å²) in [4.78, 5) is 35.4. The van der Waals surface area contributed by atoms with E-state index < -0.39 is 0 Å². The Morgan fingerprint density at radius 2 is 1.96 bits per heavy atom. The van der Waals surface area contributed by atoms with Gasteiger partial charge in [-0.2, -0.15) is 0 Å². The minimum Gasteiger partial charge on any atom is -0.451 e. The third-order valence-corrected chi connectivity index (χ3v) is 6.65. The van der Waals surface area contributed by atoms with Gasteiger partial charge in [-0.05, 0) is 31.4 Å². The monoisotopic (exact) mass is 395 g/mol. The molecule has 2 aliphatic rings. The van der Waals surface area contributed by atoms with Crippen LogP contribution in [0.25, 0.3) is 11.0 Å². The van der Waals surface area contributed by atoms with Crippen molar-refractivity contribution in [1.29, 1.82) is 0 Å². The van der Waals surface area contributed by atoms with E-state index >= 15 is 0 Å². The summed E-state index contributed by atoms with van der Waals surface area (Å²) in [5, 5.41) is 1.68. The maximum absolute atomic E-state index is 12.8. The molecule has 0 bridgehead atoms. The Balaban J connectivity index is 1.25. The highest BCUT2D eigenvalue weighted by atomic mass is 32.1. The van der Waals surface area contributed by atoms with Gasteiger partial charge in [0.25, 0.3) is 5.91 Å². The van der Waals surface area contributed by atoms with Crippen molar-refractivity contribution in [2.75, 3.05) is 26.2 Å². The number of carbonyl (C=O) groups excluding carboxylic acids is 1. The Labute approximate surface area is 166 Å². The van der Waals surface area contributed by atoms with Gasteiger partial charge in [-0.15, -0.1) is 11.3 Å². The van der Waals surface area contributed by atoms with Crippen molar-refractivity contribution in [3.63, 3.8) is 0 Å². The Hall–Kier alpha value is -2.51. The number of hydrogen-bond donors (Lipinski definition) is 0. The average Bonchev–Trinajstić information content (AvgIpc) is 3.30. The van der Waals surface area contributed by atoms with Crippen LogP contribution < -0.4 is 5.43 Å². The highest BCUT2D eigenvalue weighted by Gasteiger charge is 2.25. The summed E-state index contributed by atoms with van der Waals surface area (Å²) in [6.45, 7) is 3.70. The minimum atomic E-state index is -0.212. The number of hydrogen-bond acceptors (Lipinski definition) is 6. The van der Waals surface area contributed by atoms with Gasteiger partial charge >= 0.3 is 0 Å². The summed E-state index contributed by atoms with van der Waals surface area (Å²) in [6.07, 6.45) is 3.53. The number of para-hydroxylation sites is 1. The summed E-state index contributed by atoms with van der Waals surface area (Å²) in [5.41, 5.74) is 1.56. The molecule has 1 saturated heterocycles. The van der Waals surface area contributed by atoms with E-state index in [0.29, 0.717) is 24.1 Å². The predicted molar refractivity (Wildman–Crippen MR) is 108 cm³/mol. The summed E-state index contributed by atoms with van der Waals surface area (Å²) >= 11 is 1.84. The maximum Gasteiger partial charge on any atom is 0.289 e. The zero-order chi connectivity index (χ0) is 19.1. The largest absolute Gasteiger partial charge is 0.451 e. The lowest BCUT2D eigenvalue weighted by atomic mass is 10.2. The van der Waals surface area contributed by atoms with Crippen LogP contribution in [-0.2, 0) is 19.4 Å². The lowest BCUT2D eigenvalue weighted by Gasteiger charge is -2.33. The van der Waals surface area contributed by atoms with Crippen molar-refractivity contribution in [1.82, 2.24) is 14.8 Å². The summed E-state index contributed by atoms with van der Waals surface area (Å²) < 4.78 is 5.70. The van der Waals surface area contributed by atoms with Crippen LogP contribution in [0, 0.1) is 0 Å². The number of aryl methyl sites for hydroxylation is 2. The molecule has 0 atom stereocenters. The molecular formula is C21H21N3O3S. The SMILES string of the molecule is O=C(c1cc(=O)c2ccccc2o1)N1CCN(Cc2nc3c(s2)CCC3)CC1. The lowest BCUT2D eigenvalue weighted by molar-refractivity contribution is 0.0598. The highest BCUT2D eigenvalue weighted by molar-refractivity contribution is 7.11. The quantitative estimate of drug-likeness (QED) is 0.682. The Bertz CT molecular complexity index is 1070. The third kappa shape index (κ3) is 3.25. The van der Waals surface area contributed by atoms with Gasteiger partial charge in [0.1, 0.15) is 10.6 Å². The molecule has 1 fully saturated rings. The Morgan fingerprint density at radius 1 is 1.14 bits per heavy atom. The topological polar surface area (TPSA) is 66.7 Å². The number of benzene rings is 1. The molecular weight excluding hydrogens is 374 g/mol. The van der Waals surface area contributed by atoms with Crippen molar-refractivity contribution in [2.24, 2.45) is 0 Å². The fourth-order valence-electron chi connectivity index (χ4n) is 3.98. The van der Waals surface area contributed by atoms with Gasteiger partial charge in [0.2, 0.25) is 0 Å². The molecule has 0 radical (unpaired) electrons. The molecule has 0 spiro atoms. The molecule has 3 heterocycles. The van der Waals surface area contributed by atoms with Crippen molar-refractivity contribution < 1.29 is 9.21 Å². The second-order valence-corrected chi connectivity index (χ2v) is 8.54. The fraction of sp³-hybridized carbons (Fsp3) is 0.381. The van der Waals surface area contributed by atoms with Crippen molar-refractivity contribution in [2.45, 2.75) is 25.8 Å². The normalized spacial score (nSPS) is 17.2. The number of fused-ring (bicyclic) bond motifs is 2. The number of nitrogens with zero attached hydrogens (tertiary/aromatic N) is 3. The van der Waals surface area contributed by atoms with Gasteiger partial charge in [0.05, 0.1) is 17.6 Å². The van der Waals surface area contributed by atoms with E-state index in [1.54, 1.807) is 29.2 Å². The summed E-state index contributed by atoms with van der Waals surface area (Å²) in [7, 11) is 0. The molecule has 0 N–H and O–H groups in total. The van der Waals surface area contributed by atoms with Crippen LogP contribution in [0.15, 0.2) is 39.5 Å². The van der Waals surface area contributed by atoms with Crippen molar-refractivity contribution in [3.8, 4) is 0 Å². The zero-order valence-electron chi connectivity index (χ0n) is 15.5. The molecule has 5 rings (SSSR count). The number of aromatic nitrogens is 1. The molecule has 1 amide bonds. The molecule has 1 aromatic carbocycles. The molecule has 0 unspecified atom stereocenters. The fourth-order valence-corrected chi connectivity index (χ4v) is 5.18. The van der Waals surface area contributed by atoms with E-state index in [4.69, 9.17) is 9.40 Å². The van der Waals surface area contributed by atoms with Gasteiger partial charge in [-0.1, -0.05) is 12.1 Å². The van der Waals surface area contributed by atoms with E-state index in [0.717, 1.165) is 26.1 Å². The smallest absolute Gasteiger partial charge is 0.289 e. The molecule has 3 aromatic rings. The van der Waals surface area contributed by atoms with Crippen molar-refractivity contribution in [3.05, 3.63) is 61.9 Å². The third-order valence-electron chi connectivity index (χ3n) is 5.50. The van der Waals surface area contributed by atoms with E-state index in [2.05, 4.69) is 4.90 Å². The first-order valence-corrected chi connectivity index (χ1v) is 10.5. The first-order valence-electron chi connectivity index (χ1n) is 9.69. The van der Waals surface area contributed by atoms with E-state index in [1.165, 1.54) is 34.5 Å². The van der Waals surface area contributed by atoms with Crippen LogP contribution in [0.5, 0.6) is 0 Å². The molecule has 0 saturated carbocycles. The second kappa shape index (κ2) is 7.14. The van der Waals surface area contributed by atoms with E-state index in [1.807, 2.05) is 11.3 Å². The molecule has 1 aliphatic carbocycles. The first kappa shape index (κ1) is 17.6. The van der Waals surface area contributed by atoms with Crippen LogP contribution in [0.3, 0.4) is 0 Å². The number of amides is 1. The minimum absolute atomic E-state index is 0.119. The molecule has 144 valence electrons. The average molecular weight is 395 g/mol. The standard InChI is InChI=1S/C21H21N3O3S/c25-16-12-18(27-17-6-2-1-4-14(16)17)21(26)24-10-8-23(9-11-24)13-20-22-15-5-3-7-19(15)28-20/h1-2,4,6,12H,3,5,7-11,13H2. The highest BCUT2D eigenvalue weighted by Crippen LogP contribution is 2.28. The second-order valence-electron chi connectivity index (χ2n) is 7.37. The van der Waals surface area contributed by atoms with E-state index in [-0.39, 0.29) is 17.1 Å². The zero-order valence-corrected chi connectivity index (χ0v) is 16.3. The van der Waals surface area contributed by atoms with E-state index in [9.17, 15) is 9.59 Å². The molecule has 6 nitrogen and oxygen atoms in total. The van der Waals surface area contributed by atoms with Gasteiger partial charge in [-0.3, -0.25) is 14.5 Å². The Kier molecular flexibility index (Phi) is 4.49. The summed E-state index contributed by atoms with van der Waals surface area (Å²) in [6, 6.07) is 8.33. The number of rotatable bonds is 3.